The van der Waals surface area contributed by atoms with Gasteiger partial charge in [-0.1, -0.05) is 72.8 Å². The first-order chi connectivity index (χ1) is 20.4. The van der Waals surface area contributed by atoms with Crippen LogP contribution in [0.15, 0.2) is 109 Å². The van der Waals surface area contributed by atoms with Crippen molar-refractivity contribution >= 4 is 27.3 Å². The minimum atomic E-state index is -0.613. The van der Waals surface area contributed by atoms with Gasteiger partial charge in [-0.2, -0.15) is 0 Å². The highest BCUT2D eigenvalue weighted by molar-refractivity contribution is 5.94. The summed E-state index contributed by atoms with van der Waals surface area (Å²) in [5.41, 5.74) is 4.69. The number of benzene rings is 4. The van der Waals surface area contributed by atoms with Crippen molar-refractivity contribution in [3.05, 3.63) is 155 Å². The number of halogens is 2. The van der Waals surface area contributed by atoms with Crippen LogP contribution in [0.1, 0.15) is 45.7 Å². The Morgan fingerprint density at radius 1 is 0.548 bits per heavy atom. The molecule has 4 aromatic carbocycles. The van der Waals surface area contributed by atoms with Crippen molar-refractivity contribution in [2.45, 2.75) is 38.5 Å². The van der Waals surface area contributed by atoms with Crippen LogP contribution in [0.2, 0.25) is 0 Å². The lowest BCUT2D eigenvalue weighted by molar-refractivity contribution is -0.122. The largest absolute Gasteiger partial charge is 0.298 e. The van der Waals surface area contributed by atoms with E-state index in [-0.39, 0.29) is 17.4 Å². The van der Waals surface area contributed by atoms with Crippen molar-refractivity contribution < 1.29 is 13.6 Å². The van der Waals surface area contributed by atoms with Crippen LogP contribution in [-0.4, -0.2) is 15.8 Å². The number of hydrogen-bond donors (Lipinski definition) is 0. The minimum absolute atomic E-state index is 0.0342. The van der Waals surface area contributed by atoms with Crippen molar-refractivity contribution in [3.63, 3.8) is 0 Å². The van der Waals surface area contributed by atoms with Gasteiger partial charge in [-0.25, -0.2) is 8.78 Å². The van der Waals surface area contributed by atoms with Gasteiger partial charge in [0.2, 0.25) is 0 Å². The van der Waals surface area contributed by atoms with Gasteiger partial charge in [0.15, 0.2) is 5.78 Å². The Balaban J connectivity index is 1.49. The van der Waals surface area contributed by atoms with Gasteiger partial charge in [0.1, 0.15) is 11.6 Å². The maximum absolute atomic E-state index is 14.9. The molecule has 2 aromatic heterocycles. The Kier molecular flexibility index (Phi) is 7.58. The molecule has 0 amide bonds. The highest BCUT2D eigenvalue weighted by Gasteiger charge is 2.33. The topological polar surface area (TPSA) is 42.9 Å². The van der Waals surface area contributed by atoms with E-state index in [9.17, 15) is 13.6 Å². The van der Waals surface area contributed by atoms with E-state index in [0.717, 1.165) is 33.3 Å². The van der Waals surface area contributed by atoms with Gasteiger partial charge >= 0.3 is 0 Å². The summed E-state index contributed by atoms with van der Waals surface area (Å²) in [7, 11) is 0. The van der Waals surface area contributed by atoms with E-state index in [1.807, 2.05) is 86.6 Å². The second-order valence-electron chi connectivity index (χ2n) is 10.8. The van der Waals surface area contributed by atoms with E-state index in [0.29, 0.717) is 35.0 Å². The molecule has 2 unspecified atom stereocenters. The van der Waals surface area contributed by atoms with Gasteiger partial charge in [0, 0.05) is 22.2 Å². The third-order valence-electron chi connectivity index (χ3n) is 7.99. The Morgan fingerprint density at radius 3 is 1.36 bits per heavy atom. The standard InChI is InChI=1S/C37H30F2N2O/c1-23-9-7-15-35(40-23)31(21-25-17-19-33(38)29-13-5-3-11-27(25)29)37(42)32(36-16-8-10-24(2)41-36)22-26-18-20-34(39)30-14-6-4-12-28(26)30/h3-20,31-32H,21-22H2,1-2H3. The molecule has 3 nitrogen and oxygen atoms in total. The van der Waals surface area contributed by atoms with Crippen LogP contribution in [0.25, 0.3) is 21.5 Å². The van der Waals surface area contributed by atoms with E-state index in [4.69, 9.17) is 9.97 Å². The van der Waals surface area contributed by atoms with Gasteiger partial charge in [0.25, 0.3) is 0 Å². The molecule has 0 aliphatic carbocycles. The van der Waals surface area contributed by atoms with Crippen LogP contribution in [0.5, 0.6) is 0 Å². The predicted molar refractivity (Wildman–Crippen MR) is 164 cm³/mol. The fraction of sp³-hybridized carbons (Fsp3) is 0.162. The molecule has 0 aliphatic rings. The minimum Gasteiger partial charge on any atom is -0.298 e. The zero-order chi connectivity index (χ0) is 29.2. The van der Waals surface area contributed by atoms with Crippen molar-refractivity contribution in [1.82, 2.24) is 9.97 Å². The van der Waals surface area contributed by atoms with Crippen LogP contribution in [0.3, 0.4) is 0 Å². The lowest BCUT2D eigenvalue weighted by atomic mass is 9.79. The molecule has 0 N–H and O–H groups in total. The fourth-order valence-electron chi connectivity index (χ4n) is 5.91. The van der Waals surface area contributed by atoms with Gasteiger partial charge in [-0.15, -0.1) is 0 Å². The number of Topliss-reactive ketones (excluding diaryl/α,β-unsaturated/α-hetero) is 1. The number of aryl methyl sites for hydroxylation is 2. The Morgan fingerprint density at radius 2 is 0.952 bits per heavy atom. The Hall–Kier alpha value is -4.77. The molecular formula is C37H30F2N2O. The quantitative estimate of drug-likeness (QED) is 0.189. The maximum Gasteiger partial charge on any atom is 0.151 e. The molecule has 0 aliphatic heterocycles. The SMILES string of the molecule is Cc1cccc(C(Cc2ccc(F)c3ccccc23)C(=O)C(Cc2ccc(F)c3ccccc23)c2cccc(C)n2)n1. The zero-order valence-corrected chi connectivity index (χ0v) is 23.5. The maximum atomic E-state index is 14.9. The van der Waals surface area contributed by atoms with Crippen LogP contribution in [0.4, 0.5) is 8.78 Å². The number of fused-ring (bicyclic) bond motifs is 2. The smallest absolute Gasteiger partial charge is 0.151 e. The third-order valence-corrected chi connectivity index (χ3v) is 7.99. The second-order valence-corrected chi connectivity index (χ2v) is 10.8. The molecule has 42 heavy (non-hydrogen) atoms. The summed E-state index contributed by atoms with van der Waals surface area (Å²) < 4.78 is 29.4. The molecule has 5 heteroatoms. The van der Waals surface area contributed by atoms with Gasteiger partial charge in [0.05, 0.1) is 23.2 Å². The van der Waals surface area contributed by atoms with Crippen LogP contribution in [0, 0.1) is 25.5 Å². The summed E-state index contributed by atoms with van der Waals surface area (Å²) >= 11 is 0. The van der Waals surface area contributed by atoms with Crippen molar-refractivity contribution in [3.8, 4) is 0 Å². The zero-order valence-electron chi connectivity index (χ0n) is 23.5. The van der Waals surface area contributed by atoms with Crippen LogP contribution in [-0.2, 0) is 17.6 Å². The molecule has 6 rings (SSSR count). The Labute approximate surface area is 243 Å². The summed E-state index contributed by atoms with van der Waals surface area (Å²) in [6, 6.07) is 32.5. The first-order valence-electron chi connectivity index (χ1n) is 14.1. The second kappa shape index (κ2) is 11.6. The number of hydrogen-bond acceptors (Lipinski definition) is 3. The lowest BCUT2D eigenvalue weighted by Gasteiger charge is -2.24. The molecule has 0 saturated heterocycles. The molecule has 208 valence electrons. The van der Waals surface area contributed by atoms with Crippen LogP contribution >= 0.6 is 0 Å². The summed E-state index contributed by atoms with van der Waals surface area (Å²) in [6.07, 6.45) is 0.700. The van der Waals surface area contributed by atoms with E-state index >= 15 is 0 Å². The third kappa shape index (κ3) is 5.42. The number of ketones is 1. The van der Waals surface area contributed by atoms with Gasteiger partial charge in [-0.05, 0) is 85.0 Å². The number of nitrogens with zero attached hydrogens (tertiary/aromatic N) is 2. The molecule has 0 radical (unpaired) electrons. The first-order valence-corrected chi connectivity index (χ1v) is 14.1. The summed E-state index contributed by atoms with van der Waals surface area (Å²) in [4.78, 5) is 24.4. The molecule has 2 atom stereocenters. The number of carbonyl (C=O) groups is 1. The lowest BCUT2D eigenvalue weighted by Crippen LogP contribution is -2.26. The molecule has 0 fully saturated rings. The number of pyridine rings is 2. The van der Waals surface area contributed by atoms with Crippen molar-refractivity contribution in [2.24, 2.45) is 0 Å². The fourth-order valence-corrected chi connectivity index (χ4v) is 5.91. The van der Waals surface area contributed by atoms with E-state index in [1.54, 1.807) is 24.3 Å². The molecule has 0 bridgehead atoms. The monoisotopic (exact) mass is 556 g/mol. The number of carbonyl (C=O) groups excluding carboxylic acids is 1. The first kappa shape index (κ1) is 27.4. The van der Waals surface area contributed by atoms with Crippen LogP contribution < -0.4 is 0 Å². The summed E-state index contributed by atoms with van der Waals surface area (Å²) in [6.45, 7) is 3.81. The molecule has 6 aromatic rings. The molecule has 2 heterocycles. The Bertz CT molecular complexity index is 1790. The molecule has 0 saturated carbocycles. The average Bonchev–Trinajstić information content (AvgIpc) is 3.00. The number of rotatable bonds is 8. The predicted octanol–water partition coefficient (Wildman–Crippen LogP) is 8.60. The molecule has 0 spiro atoms. The van der Waals surface area contributed by atoms with E-state index in [1.165, 1.54) is 12.1 Å². The van der Waals surface area contributed by atoms with Crippen molar-refractivity contribution in [2.75, 3.05) is 0 Å². The summed E-state index contributed by atoms with van der Waals surface area (Å²) in [5, 5.41) is 2.59. The van der Waals surface area contributed by atoms with E-state index < -0.39 is 11.8 Å². The molecular weight excluding hydrogens is 526 g/mol. The van der Waals surface area contributed by atoms with Gasteiger partial charge in [-0.3, -0.25) is 14.8 Å². The van der Waals surface area contributed by atoms with Gasteiger partial charge < -0.3 is 0 Å². The van der Waals surface area contributed by atoms with Crippen molar-refractivity contribution in [1.29, 1.82) is 0 Å². The van der Waals surface area contributed by atoms with E-state index in [2.05, 4.69) is 0 Å². The summed E-state index contributed by atoms with van der Waals surface area (Å²) in [5.74, 6) is -1.85. The average molecular weight is 557 g/mol. The number of aromatic nitrogens is 2. The highest BCUT2D eigenvalue weighted by Crippen LogP contribution is 2.35. The normalized spacial score (nSPS) is 12.9. The highest BCUT2D eigenvalue weighted by atomic mass is 19.1.